The zero-order chi connectivity index (χ0) is 14.2. The van der Waals surface area contributed by atoms with E-state index in [9.17, 15) is 4.79 Å². The molecule has 1 aliphatic carbocycles. The number of hydrogen-bond acceptors (Lipinski definition) is 4. The van der Waals surface area contributed by atoms with Crippen molar-refractivity contribution in [2.75, 3.05) is 53.0 Å². The molecule has 7 heteroatoms. The van der Waals surface area contributed by atoms with Crippen molar-refractivity contribution >= 4 is 30.7 Å². The van der Waals surface area contributed by atoms with Gasteiger partial charge in [-0.1, -0.05) is 12.8 Å². The van der Waals surface area contributed by atoms with E-state index in [0.29, 0.717) is 13.2 Å². The molecule has 1 amide bonds. The molecule has 0 radical (unpaired) electrons. The van der Waals surface area contributed by atoms with Crippen LogP contribution < -0.4 is 5.32 Å². The number of nitrogens with one attached hydrogen (secondary N) is 1. The first-order valence-electron chi connectivity index (χ1n) is 8.02. The summed E-state index contributed by atoms with van der Waals surface area (Å²) in [5, 5.41) is 3.14. The van der Waals surface area contributed by atoms with Crippen LogP contribution >= 0.6 is 24.8 Å². The van der Waals surface area contributed by atoms with Crippen LogP contribution in [0.25, 0.3) is 0 Å². The number of rotatable bonds is 6. The van der Waals surface area contributed by atoms with Gasteiger partial charge in [0.25, 0.3) is 0 Å². The summed E-state index contributed by atoms with van der Waals surface area (Å²) >= 11 is 0. The second-order valence-electron chi connectivity index (χ2n) is 5.88. The Morgan fingerprint density at radius 3 is 2.50 bits per heavy atom. The van der Waals surface area contributed by atoms with E-state index in [1.54, 1.807) is 7.11 Å². The maximum Gasteiger partial charge on any atom is 0.236 e. The van der Waals surface area contributed by atoms with E-state index in [1.165, 1.54) is 25.7 Å². The summed E-state index contributed by atoms with van der Waals surface area (Å²) in [5.74, 6) is 0.231. The van der Waals surface area contributed by atoms with Crippen molar-refractivity contribution in [1.29, 1.82) is 0 Å². The van der Waals surface area contributed by atoms with Crippen LogP contribution in [-0.2, 0) is 9.53 Å². The molecule has 2 aliphatic rings. The SMILES string of the molecule is COCCNCC(=O)N1CCCN(C2CCCC2)CC1.Cl.Cl. The van der Waals surface area contributed by atoms with E-state index in [2.05, 4.69) is 10.2 Å². The first-order chi connectivity index (χ1) is 9.81. The maximum atomic E-state index is 12.1. The number of ether oxygens (including phenoxy) is 1. The number of methoxy groups -OCH3 is 1. The highest BCUT2D eigenvalue weighted by molar-refractivity contribution is 5.85. The van der Waals surface area contributed by atoms with Crippen LogP contribution in [-0.4, -0.2) is 74.7 Å². The van der Waals surface area contributed by atoms with Crippen LogP contribution in [0.3, 0.4) is 0 Å². The standard InChI is InChI=1S/C15H29N3O2.2ClH/c1-20-12-7-16-13-15(19)18-9-4-8-17(10-11-18)14-5-2-3-6-14;;/h14,16H,2-13H2,1H3;2*1H. The molecule has 0 unspecified atom stereocenters. The number of carbonyl (C=O) groups excluding carboxylic acids is 1. The van der Waals surface area contributed by atoms with Crippen molar-refractivity contribution in [3.8, 4) is 0 Å². The minimum atomic E-state index is 0. The lowest BCUT2D eigenvalue weighted by molar-refractivity contribution is -0.130. The summed E-state index contributed by atoms with van der Waals surface area (Å²) in [6.07, 6.45) is 6.58. The van der Waals surface area contributed by atoms with Gasteiger partial charge in [-0.05, 0) is 19.3 Å². The number of nitrogens with zero attached hydrogens (tertiary/aromatic N) is 2. The molecule has 0 bridgehead atoms. The minimum absolute atomic E-state index is 0. The molecule has 0 aromatic rings. The number of hydrogen-bond donors (Lipinski definition) is 1. The van der Waals surface area contributed by atoms with Gasteiger partial charge >= 0.3 is 0 Å². The summed E-state index contributed by atoms with van der Waals surface area (Å²) in [6, 6.07) is 0.782. The lowest BCUT2D eigenvalue weighted by Crippen LogP contribution is -2.42. The molecular formula is C15H31Cl2N3O2. The first-order valence-corrected chi connectivity index (χ1v) is 8.02. The molecule has 1 heterocycles. The molecule has 1 saturated carbocycles. The van der Waals surface area contributed by atoms with Gasteiger partial charge in [0, 0.05) is 45.9 Å². The summed E-state index contributed by atoms with van der Waals surface area (Å²) in [7, 11) is 1.68. The lowest BCUT2D eigenvalue weighted by Gasteiger charge is -2.27. The quantitative estimate of drug-likeness (QED) is 0.734. The average molecular weight is 356 g/mol. The van der Waals surface area contributed by atoms with Crippen molar-refractivity contribution in [1.82, 2.24) is 15.1 Å². The average Bonchev–Trinajstić information content (AvgIpc) is 2.88. The molecule has 5 nitrogen and oxygen atoms in total. The predicted molar refractivity (Wildman–Crippen MR) is 94.3 cm³/mol. The van der Waals surface area contributed by atoms with E-state index in [1.807, 2.05) is 4.90 Å². The van der Waals surface area contributed by atoms with Crippen molar-refractivity contribution in [2.45, 2.75) is 38.1 Å². The predicted octanol–water partition coefficient (Wildman–Crippen LogP) is 1.54. The van der Waals surface area contributed by atoms with Gasteiger partial charge in [0.15, 0.2) is 0 Å². The first kappa shape index (κ1) is 21.9. The van der Waals surface area contributed by atoms with Crippen LogP contribution in [0, 0.1) is 0 Å². The molecule has 0 atom stereocenters. The Labute approximate surface area is 146 Å². The van der Waals surface area contributed by atoms with Gasteiger partial charge in [-0.25, -0.2) is 0 Å². The molecule has 2 rings (SSSR count). The second-order valence-corrected chi connectivity index (χ2v) is 5.88. The highest BCUT2D eigenvalue weighted by atomic mass is 35.5. The Bertz CT molecular complexity index is 303. The van der Waals surface area contributed by atoms with Crippen LogP contribution in [0.15, 0.2) is 0 Å². The number of amides is 1. The van der Waals surface area contributed by atoms with E-state index in [-0.39, 0.29) is 30.7 Å². The van der Waals surface area contributed by atoms with Crippen molar-refractivity contribution < 1.29 is 9.53 Å². The van der Waals surface area contributed by atoms with E-state index in [4.69, 9.17) is 4.74 Å². The number of halogens is 2. The van der Waals surface area contributed by atoms with Crippen LogP contribution in [0.1, 0.15) is 32.1 Å². The van der Waals surface area contributed by atoms with Gasteiger partial charge in [0.1, 0.15) is 0 Å². The minimum Gasteiger partial charge on any atom is -0.383 e. The molecule has 22 heavy (non-hydrogen) atoms. The molecule has 1 aliphatic heterocycles. The van der Waals surface area contributed by atoms with Crippen LogP contribution in [0.5, 0.6) is 0 Å². The lowest BCUT2D eigenvalue weighted by atomic mass is 10.2. The Kier molecular flexibility index (Phi) is 12.3. The van der Waals surface area contributed by atoms with Crippen molar-refractivity contribution in [2.24, 2.45) is 0 Å². The highest BCUT2D eigenvalue weighted by Crippen LogP contribution is 2.24. The second kappa shape index (κ2) is 12.4. The smallest absolute Gasteiger partial charge is 0.236 e. The van der Waals surface area contributed by atoms with Gasteiger partial charge in [-0.15, -0.1) is 24.8 Å². The third-order valence-electron chi connectivity index (χ3n) is 4.48. The Morgan fingerprint density at radius 2 is 1.82 bits per heavy atom. The van der Waals surface area contributed by atoms with E-state index >= 15 is 0 Å². The van der Waals surface area contributed by atoms with Crippen molar-refractivity contribution in [3.63, 3.8) is 0 Å². The van der Waals surface area contributed by atoms with Crippen molar-refractivity contribution in [3.05, 3.63) is 0 Å². The third-order valence-corrected chi connectivity index (χ3v) is 4.48. The fourth-order valence-corrected chi connectivity index (χ4v) is 3.30. The molecule has 132 valence electrons. The zero-order valence-electron chi connectivity index (χ0n) is 13.6. The summed E-state index contributed by atoms with van der Waals surface area (Å²) < 4.78 is 4.97. The molecule has 0 aromatic heterocycles. The molecule has 0 aromatic carbocycles. The Hall–Kier alpha value is -0.0700. The monoisotopic (exact) mass is 355 g/mol. The molecule has 0 spiro atoms. The fraction of sp³-hybridized carbons (Fsp3) is 0.933. The van der Waals surface area contributed by atoms with Gasteiger partial charge in [0.2, 0.25) is 5.91 Å². The molecule has 1 N–H and O–H groups in total. The van der Waals surface area contributed by atoms with Gasteiger partial charge in [0.05, 0.1) is 13.2 Å². The fourth-order valence-electron chi connectivity index (χ4n) is 3.30. The van der Waals surface area contributed by atoms with Gasteiger partial charge in [-0.2, -0.15) is 0 Å². The van der Waals surface area contributed by atoms with Gasteiger partial charge in [-0.3, -0.25) is 9.69 Å². The molecule has 2 fully saturated rings. The highest BCUT2D eigenvalue weighted by Gasteiger charge is 2.25. The zero-order valence-corrected chi connectivity index (χ0v) is 15.2. The molecular weight excluding hydrogens is 325 g/mol. The van der Waals surface area contributed by atoms with E-state index in [0.717, 1.165) is 45.2 Å². The Morgan fingerprint density at radius 1 is 1.09 bits per heavy atom. The topological polar surface area (TPSA) is 44.8 Å². The molecule has 1 saturated heterocycles. The normalized spacial score (nSPS) is 20.1. The summed E-state index contributed by atoms with van der Waals surface area (Å²) in [4.78, 5) is 16.8. The third kappa shape index (κ3) is 7.01. The number of carbonyl (C=O) groups is 1. The van der Waals surface area contributed by atoms with Crippen LogP contribution in [0.4, 0.5) is 0 Å². The van der Waals surface area contributed by atoms with Gasteiger partial charge < -0.3 is 15.0 Å². The summed E-state index contributed by atoms with van der Waals surface area (Å²) in [6.45, 7) is 5.84. The Balaban J connectivity index is 0.00000220. The summed E-state index contributed by atoms with van der Waals surface area (Å²) in [5.41, 5.74) is 0. The van der Waals surface area contributed by atoms with Crippen LogP contribution in [0.2, 0.25) is 0 Å². The largest absolute Gasteiger partial charge is 0.383 e. The maximum absolute atomic E-state index is 12.1. The van der Waals surface area contributed by atoms with E-state index < -0.39 is 0 Å².